The lowest BCUT2D eigenvalue weighted by molar-refractivity contribution is -0.137. The van der Waals surface area contributed by atoms with Crippen molar-refractivity contribution in [3.05, 3.63) is 65.5 Å². The highest BCUT2D eigenvalue weighted by Gasteiger charge is 2.33. The maximum atomic E-state index is 13.2. The third-order valence-corrected chi connectivity index (χ3v) is 5.38. The van der Waals surface area contributed by atoms with Crippen LogP contribution in [-0.2, 0) is 6.18 Å². The number of amides is 1. The second-order valence-corrected chi connectivity index (χ2v) is 7.26. The van der Waals surface area contributed by atoms with E-state index in [2.05, 4.69) is 20.6 Å². The Bertz CT molecular complexity index is 1090. The van der Waals surface area contributed by atoms with Gasteiger partial charge in [0.05, 0.1) is 16.6 Å². The Morgan fingerprint density at radius 1 is 1.17 bits per heavy atom. The lowest BCUT2D eigenvalue weighted by Crippen LogP contribution is -2.44. The molecule has 0 saturated carbocycles. The van der Waals surface area contributed by atoms with Crippen molar-refractivity contribution in [3.8, 4) is 0 Å². The van der Waals surface area contributed by atoms with Crippen LogP contribution < -0.4 is 16.4 Å². The molecule has 0 radical (unpaired) electrons. The van der Waals surface area contributed by atoms with Crippen LogP contribution in [0.15, 0.2) is 48.8 Å². The van der Waals surface area contributed by atoms with Gasteiger partial charge in [0, 0.05) is 23.9 Å². The van der Waals surface area contributed by atoms with Crippen LogP contribution in [0.2, 0.25) is 0 Å². The van der Waals surface area contributed by atoms with Crippen LogP contribution in [0.25, 0.3) is 10.9 Å². The predicted octanol–water partition coefficient (Wildman–Crippen LogP) is 3.31. The number of nitrogens with one attached hydrogen (secondary N) is 2. The molecule has 6 nitrogen and oxygen atoms in total. The van der Waals surface area contributed by atoms with Gasteiger partial charge in [-0.1, -0.05) is 24.3 Å². The van der Waals surface area contributed by atoms with Gasteiger partial charge in [0.25, 0.3) is 5.91 Å². The third kappa shape index (κ3) is 3.93. The third-order valence-electron chi connectivity index (χ3n) is 5.38. The first-order valence-electron chi connectivity index (χ1n) is 9.52. The number of anilines is 1. The summed E-state index contributed by atoms with van der Waals surface area (Å²) in [5.41, 5.74) is 6.13. The van der Waals surface area contributed by atoms with Crippen LogP contribution in [0, 0.1) is 0 Å². The Morgan fingerprint density at radius 2 is 1.97 bits per heavy atom. The van der Waals surface area contributed by atoms with E-state index >= 15 is 0 Å². The first-order valence-corrected chi connectivity index (χ1v) is 9.52. The number of hydrogen-bond acceptors (Lipinski definition) is 5. The van der Waals surface area contributed by atoms with Crippen molar-refractivity contribution >= 4 is 22.6 Å². The Labute approximate surface area is 170 Å². The van der Waals surface area contributed by atoms with Gasteiger partial charge in [-0.25, -0.2) is 9.97 Å². The number of aromatic nitrogens is 2. The smallest absolute Gasteiger partial charge is 0.366 e. The molecule has 1 fully saturated rings. The predicted molar refractivity (Wildman–Crippen MR) is 107 cm³/mol. The molecule has 0 aliphatic carbocycles. The fourth-order valence-corrected chi connectivity index (χ4v) is 3.93. The van der Waals surface area contributed by atoms with Gasteiger partial charge >= 0.3 is 6.18 Å². The van der Waals surface area contributed by atoms with E-state index in [9.17, 15) is 18.0 Å². The summed E-state index contributed by atoms with van der Waals surface area (Å²) >= 11 is 0. The van der Waals surface area contributed by atoms with Gasteiger partial charge in [-0.3, -0.25) is 4.79 Å². The molecule has 30 heavy (non-hydrogen) atoms. The van der Waals surface area contributed by atoms with Crippen molar-refractivity contribution in [3.63, 3.8) is 0 Å². The van der Waals surface area contributed by atoms with Gasteiger partial charge in [-0.2, -0.15) is 13.2 Å². The van der Waals surface area contributed by atoms with E-state index < -0.39 is 17.6 Å². The molecule has 2 heterocycles. The largest absolute Gasteiger partial charge is 0.416 e. The van der Waals surface area contributed by atoms with Crippen LogP contribution >= 0.6 is 0 Å². The zero-order chi connectivity index (χ0) is 21.3. The molecule has 4 N–H and O–H groups in total. The Kier molecular flexibility index (Phi) is 5.29. The molecular formula is C21H20F3N5O. The quantitative estimate of drug-likeness (QED) is 0.608. The topological polar surface area (TPSA) is 92.9 Å². The summed E-state index contributed by atoms with van der Waals surface area (Å²) in [7, 11) is 0. The Morgan fingerprint density at radius 3 is 2.73 bits per heavy atom. The van der Waals surface area contributed by atoms with Crippen LogP contribution in [0.5, 0.6) is 0 Å². The maximum absolute atomic E-state index is 13.2. The number of piperidine rings is 1. The molecule has 0 bridgehead atoms. The van der Waals surface area contributed by atoms with Crippen molar-refractivity contribution in [2.75, 3.05) is 18.4 Å². The fourth-order valence-electron chi connectivity index (χ4n) is 3.93. The molecule has 156 valence electrons. The summed E-state index contributed by atoms with van der Waals surface area (Å²) in [5.74, 6) is -0.224. The number of hydrogen-bond donors (Lipinski definition) is 3. The number of carbonyl (C=O) groups excluding carboxylic acids is 1. The second-order valence-electron chi connectivity index (χ2n) is 7.26. The van der Waals surface area contributed by atoms with Crippen molar-refractivity contribution in [2.24, 2.45) is 5.73 Å². The van der Waals surface area contributed by atoms with Gasteiger partial charge in [0.15, 0.2) is 0 Å². The average Bonchev–Trinajstić information content (AvgIpc) is 2.73. The first kappa shape index (κ1) is 20.1. The number of benzene rings is 2. The monoisotopic (exact) mass is 415 g/mol. The summed E-state index contributed by atoms with van der Waals surface area (Å²) in [6.45, 7) is 1.26. The normalized spacial score (nSPS) is 19.6. The molecule has 9 heteroatoms. The minimum atomic E-state index is -4.39. The summed E-state index contributed by atoms with van der Waals surface area (Å²) in [4.78, 5) is 20.2. The van der Waals surface area contributed by atoms with Crippen LogP contribution in [0.4, 0.5) is 19.0 Å². The lowest BCUT2D eigenvalue weighted by Gasteiger charge is -2.34. The minimum absolute atomic E-state index is 0.141. The van der Waals surface area contributed by atoms with E-state index in [1.54, 1.807) is 24.3 Å². The number of primary amides is 1. The minimum Gasteiger partial charge on any atom is -0.366 e. The number of rotatable bonds is 4. The van der Waals surface area contributed by atoms with Crippen LogP contribution in [-0.4, -0.2) is 35.0 Å². The molecule has 1 saturated heterocycles. The van der Waals surface area contributed by atoms with Gasteiger partial charge in [0.1, 0.15) is 12.1 Å². The first-order chi connectivity index (χ1) is 14.3. The molecule has 2 atom stereocenters. The molecule has 2 aromatic carbocycles. The number of fused-ring (bicyclic) bond motifs is 1. The van der Waals surface area contributed by atoms with Crippen molar-refractivity contribution in [1.82, 2.24) is 15.3 Å². The maximum Gasteiger partial charge on any atom is 0.416 e. The highest BCUT2D eigenvalue weighted by molar-refractivity contribution is 6.06. The zero-order valence-electron chi connectivity index (χ0n) is 15.9. The zero-order valence-corrected chi connectivity index (χ0v) is 15.9. The van der Waals surface area contributed by atoms with Gasteiger partial charge in [-0.15, -0.1) is 0 Å². The van der Waals surface area contributed by atoms with E-state index in [0.29, 0.717) is 41.8 Å². The summed E-state index contributed by atoms with van der Waals surface area (Å²) in [5, 5.41) is 7.25. The van der Waals surface area contributed by atoms with E-state index in [4.69, 9.17) is 5.73 Å². The number of nitrogens with zero attached hydrogens (tertiary/aromatic N) is 2. The number of halogens is 3. The molecule has 1 aromatic heterocycles. The fraction of sp³-hybridized carbons (Fsp3) is 0.286. The van der Waals surface area contributed by atoms with E-state index in [1.165, 1.54) is 18.5 Å². The highest BCUT2D eigenvalue weighted by atomic mass is 19.4. The van der Waals surface area contributed by atoms with E-state index in [1.807, 2.05) is 0 Å². The van der Waals surface area contributed by atoms with Crippen molar-refractivity contribution in [2.45, 2.75) is 24.6 Å². The molecule has 1 aliphatic heterocycles. The number of carbonyl (C=O) groups is 1. The van der Waals surface area contributed by atoms with Gasteiger partial charge in [0.2, 0.25) is 0 Å². The Hall–Kier alpha value is -3.20. The average molecular weight is 415 g/mol. The molecule has 1 aliphatic rings. The molecule has 0 spiro atoms. The molecule has 0 unspecified atom stereocenters. The van der Waals surface area contributed by atoms with Crippen LogP contribution in [0.1, 0.15) is 33.8 Å². The van der Waals surface area contributed by atoms with Crippen molar-refractivity contribution < 1.29 is 18.0 Å². The van der Waals surface area contributed by atoms with Gasteiger partial charge in [-0.05, 0) is 36.7 Å². The SMILES string of the molecule is NC(=O)c1cccc2c(N[C@H]3CNCC[C@@H]3c3cccc(C(F)(F)F)c3)ncnc12. The van der Waals surface area contributed by atoms with E-state index in [0.717, 1.165) is 6.07 Å². The lowest BCUT2D eigenvalue weighted by atomic mass is 9.85. The van der Waals surface area contributed by atoms with E-state index in [-0.39, 0.29) is 17.5 Å². The number of para-hydroxylation sites is 1. The molecule has 3 aromatic rings. The Balaban J connectivity index is 1.69. The molecule has 1 amide bonds. The standard InChI is InChI=1S/C21H20F3N5O/c22-21(23,24)13-4-1-3-12(9-13)14-7-8-26-10-17(14)29-20-16-6-2-5-15(19(25)30)18(16)27-11-28-20/h1-6,9,11,14,17,26H,7-8,10H2,(H2,25,30)(H,27,28,29)/t14-,17+/m1/s1. The summed E-state index contributed by atoms with van der Waals surface area (Å²) in [6.07, 6.45) is -2.37. The van der Waals surface area contributed by atoms with Gasteiger partial charge < -0.3 is 16.4 Å². The molecule has 4 rings (SSSR count). The number of nitrogens with two attached hydrogens (primary N) is 1. The summed E-state index contributed by atoms with van der Waals surface area (Å²) in [6, 6.07) is 10.3. The number of alkyl halides is 3. The van der Waals surface area contributed by atoms with Crippen molar-refractivity contribution in [1.29, 1.82) is 0 Å². The highest BCUT2D eigenvalue weighted by Crippen LogP contribution is 2.34. The van der Waals surface area contributed by atoms with Crippen LogP contribution in [0.3, 0.4) is 0 Å². The second kappa shape index (κ2) is 7.91. The summed E-state index contributed by atoms with van der Waals surface area (Å²) < 4.78 is 39.5. The molecular weight excluding hydrogens is 395 g/mol.